The Hall–Kier alpha value is -2.09. The Kier molecular flexibility index (Phi) is 3.19. The van der Waals surface area contributed by atoms with Crippen molar-refractivity contribution >= 4 is 35.1 Å². The highest BCUT2D eigenvalue weighted by Crippen LogP contribution is 2.18. The molecule has 5 N–H and O–H groups in total. The maximum atomic E-state index is 11.9. The number of nitrogen functional groups attached to an aromatic ring is 2. The van der Waals surface area contributed by atoms with E-state index in [0.717, 1.165) is 13.1 Å². The number of hydrogen-bond donors (Lipinski definition) is 3. The Morgan fingerprint density at radius 3 is 2.78 bits per heavy atom. The first-order valence-electron chi connectivity index (χ1n) is 5.15. The Morgan fingerprint density at radius 1 is 1.44 bits per heavy atom. The molecule has 1 amide bonds. The van der Waals surface area contributed by atoms with Gasteiger partial charge in [-0.1, -0.05) is 11.6 Å². The van der Waals surface area contributed by atoms with Gasteiger partial charge in [0.1, 0.15) is 0 Å². The zero-order chi connectivity index (χ0) is 13.3. The largest absolute Gasteiger partial charge is 0.382 e. The zero-order valence-electron chi connectivity index (χ0n) is 9.64. The van der Waals surface area contributed by atoms with E-state index in [0.29, 0.717) is 5.96 Å². The van der Waals surface area contributed by atoms with Crippen molar-refractivity contribution in [3.63, 3.8) is 0 Å². The normalized spacial score (nSPS) is 17.0. The first kappa shape index (κ1) is 12.4. The summed E-state index contributed by atoms with van der Waals surface area (Å²) in [5, 5.41) is 2.89. The minimum atomic E-state index is -0.613. The van der Waals surface area contributed by atoms with Gasteiger partial charge in [0, 0.05) is 20.1 Å². The predicted octanol–water partition coefficient (Wildman–Crippen LogP) is -0.674. The smallest absolute Gasteiger partial charge is 0.302 e. The van der Waals surface area contributed by atoms with Gasteiger partial charge in [-0.2, -0.15) is 4.99 Å². The van der Waals surface area contributed by atoms with Crippen LogP contribution in [-0.4, -0.2) is 46.9 Å². The van der Waals surface area contributed by atoms with Crippen LogP contribution in [0.2, 0.25) is 5.15 Å². The molecule has 1 aromatic heterocycles. The Morgan fingerprint density at radius 2 is 2.17 bits per heavy atom. The van der Waals surface area contributed by atoms with E-state index in [1.54, 1.807) is 4.90 Å². The van der Waals surface area contributed by atoms with Crippen molar-refractivity contribution in [2.24, 2.45) is 4.99 Å². The average Bonchev–Trinajstić information content (AvgIpc) is 2.69. The van der Waals surface area contributed by atoms with Gasteiger partial charge >= 0.3 is 5.91 Å². The molecule has 2 rings (SSSR count). The van der Waals surface area contributed by atoms with Crippen LogP contribution in [0.25, 0.3) is 0 Å². The van der Waals surface area contributed by atoms with Crippen molar-refractivity contribution in [3.05, 3.63) is 10.8 Å². The number of nitrogens with one attached hydrogen (secondary N) is 1. The van der Waals surface area contributed by atoms with Gasteiger partial charge in [-0.05, 0) is 0 Å². The van der Waals surface area contributed by atoms with Crippen LogP contribution >= 0.6 is 11.6 Å². The third kappa shape index (κ3) is 2.28. The van der Waals surface area contributed by atoms with Crippen LogP contribution in [-0.2, 0) is 0 Å². The fourth-order valence-corrected chi connectivity index (χ4v) is 1.58. The molecule has 96 valence electrons. The number of guanidine groups is 1. The van der Waals surface area contributed by atoms with Crippen molar-refractivity contribution < 1.29 is 4.79 Å². The monoisotopic (exact) mass is 269 g/mol. The number of carbonyl (C=O) groups excluding carboxylic acids is 1. The molecule has 9 heteroatoms. The summed E-state index contributed by atoms with van der Waals surface area (Å²) in [7, 11) is 1.82. The molecule has 8 nitrogen and oxygen atoms in total. The Bertz CT molecular complexity index is 530. The standard InChI is InChI=1S/C9H12ClN7O/c1-17-3-2-13-9(17)16-8(18)4-6(11)15-7(12)5(10)14-4/h2-3H2,1H3,(H4,11,12,15)(H,13,16,18). The molecule has 1 aliphatic heterocycles. The van der Waals surface area contributed by atoms with Crippen molar-refractivity contribution in [3.8, 4) is 0 Å². The van der Waals surface area contributed by atoms with E-state index in [4.69, 9.17) is 23.1 Å². The third-order valence-corrected chi connectivity index (χ3v) is 2.68. The minimum Gasteiger partial charge on any atom is -0.382 e. The topological polar surface area (TPSA) is 123 Å². The van der Waals surface area contributed by atoms with E-state index in [1.165, 1.54) is 0 Å². The lowest BCUT2D eigenvalue weighted by atomic mass is 10.4. The maximum Gasteiger partial charge on any atom is 0.302 e. The fraction of sp³-hybridized carbons (Fsp3) is 0.333. The minimum absolute atomic E-state index is 0.0190. The van der Waals surface area contributed by atoms with Gasteiger partial charge in [0.05, 0.1) is 0 Å². The number of hydrogen-bond acceptors (Lipinski definition) is 5. The summed E-state index contributed by atoms with van der Waals surface area (Å²) in [4.78, 5) is 25.1. The molecule has 0 saturated carbocycles. The molecule has 2 heterocycles. The summed E-state index contributed by atoms with van der Waals surface area (Å²) in [6, 6.07) is 0. The second kappa shape index (κ2) is 4.65. The molecule has 1 saturated heterocycles. The summed E-state index contributed by atoms with van der Waals surface area (Å²) < 4.78 is 0. The first-order chi connectivity index (χ1) is 8.49. The van der Waals surface area contributed by atoms with E-state index in [-0.39, 0.29) is 22.5 Å². The number of rotatable bonds is 1. The number of amides is 1. The Labute approximate surface area is 108 Å². The van der Waals surface area contributed by atoms with Crippen molar-refractivity contribution in [1.29, 1.82) is 0 Å². The SMILES string of the molecule is CN1CCN/C1=N/C(=O)c1nc(Cl)c(N)nc1N. The van der Waals surface area contributed by atoms with Crippen LogP contribution in [0.5, 0.6) is 0 Å². The second-order valence-corrected chi connectivity index (χ2v) is 4.08. The highest BCUT2D eigenvalue weighted by Gasteiger charge is 2.19. The van der Waals surface area contributed by atoms with Gasteiger partial charge < -0.3 is 21.7 Å². The highest BCUT2D eigenvalue weighted by atomic mass is 35.5. The molecule has 0 atom stereocenters. The van der Waals surface area contributed by atoms with Crippen LogP contribution in [0, 0.1) is 0 Å². The van der Waals surface area contributed by atoms with E-state index < -0.39 is 5.91 Å². The van der Waals surface area contributed by atoms with Crippen molar-refractivity contribution in [2.75, 3.05) is 31.6 Å². The molecule has 0 radical (unpaired) electrons. The first-order valence-corrected chi connectivity index (χ1v) is 5.53. The van der Waals surface area contributed by atoms with E-state index in [2.05, 4.69) is 20.3 Å². The summed E-state index contributed by atoms with van der Waals surface area (Å²) in [6.07, 6.45) is 0. The molecule has 1 fully saturated rings. The van der Waals surface area contributed by atoms with Crippen LogP contribution in [0.1, 0.15) is 10.5 Å². The number of nitrogens with two attached hydrogens (primary N) is 2. The number of anilines is 2. The molecule has 0 aliphatic carbocycles. The summed E-state index contributed by atoms with van der Waals surface area (Å²) in [6.45, 7) is 1.50. The number of nitrogens with zero attached hydrogens (tertiary/aromatic N) is 4. The van der Waals surface area contributed by atoms with E-state index >= 15 is 0 Å². The average molecular weight is 270 g/mol. The van der Waals surface area contributed by atoms with Gasteiger partial charge in [-0.15, -0.1) is 0 Å². The van der Waals surface area contributed by atoms with E-state index in [9.17, 15) is 4.79 Å². The highest BCUT2D eigenvalue weighted by molar-refractivity contribution is 6.31. The van der Waals surface area contributed by atoms with Crippen molar-refractivity contribution in [1.82, 2.24) is 20.2 Å². The zero-order valence-corrected chi connectivity index (χ0v) is 10.4. The number of halogens is 1. The third-order valence-electron chi connectivity index (χ3n) is 2.41. The van der Waals surface area contributed by atoms with Gasteiger partial charge in [-0.3, -0.25) is 4.79 Å². The lowest BCUT2D eigenvalue weighted by molar-refractivity contribution is 0.0997. The van der Waals surface area contributed by atoms with Gasteiger partial charge in [0.25, 0.3) is 0 Å². The van der Waals surface area contributed by atoms with Crippen LogP contribution in [0.15, 0.2) is 4.99 Å². The molecular formula is C9H12ClN7O. The molecular weight excluding hydrogens is 258 g/mol. The number of aliphatic imine (C=N–C) groups is 1. The van der Waals surface area contributed by atoms with E-state index in [1.807, 2.05) is 7.05 Å². The summed E-state index contributed by atoms with van der Waals surface area (Å²) >= 11 is 5.69. The summed E-state index contributed by atoms with van der Waals surface area (Å²) in [5.41, 5.74) is 10.9. The van der Waals surface area contributed by atoms with Crippen LogP contribution in [0.3, 0.4) is 0 Å². The predicted molar refractivity (Wildman–Crippen MR) is 68.3 cm³/mol. The quantitative estimate of drug-likeness (QED) is 0.617. The van der Waals surface area contributed by atoms with Crippen LogP contribution in [0.4, 0.5) is 11.6 Å². The fourth-order valence-electron chi connectivity index (χ4n) is 1.45. The summed E-state index contributed by atoms with van der Waals surface area (Å²) in [5.74, 6) is -0.256. The second-order valence-electron chi connectivity index (χ2n) is 3.72. The number of aromatic nitrogens is 2. The van der Waals surface area contributed by atoms with Gasteiger partial charge in [0.15, 0.2) is 22.5 Å². The van der Waals surface area contributed by atoms with Crippen LogP contribution < -0.4 is 16.8 Å². The lowest BCUT2D eigenvalue weighted by Gasteiger charge is -2.09. The molecule has 0 spiro atoms. The van der Waals surface area contributed by atoms with Gasteiger partial charge in [-0.25, -0.2) is 9.97 Å². The van der Waals surface area contributed by atoms with Crippen molar-refractivity contribution in [2.45, 2.75) is 0 Å². The number of likely N-dealkylation sites (N-methyl/N-ethyl adjacent to an activating group) is 1. The Balaban J connectivity index is 2.32. The molecule has 1 aromatic rings. The number of carbonyl (C=O) groups is 1. The lowest BCUT2D eigenvalue weighted by Crippen LogP contribution is -2.27. The van der Waals surface area contributed by atoms with Gasteiger partial charge in [0.2, 0.25) is 5.96 Å². The molecule has 1 aliphatic rings. The maximum absolute atomic E-state index is 11.9. The molecule has 0 bridgehead atoms. The molecule has 0 aromatic carbocycles. The molecule has 18 heavy (non-hydrogen) atoms. The molecule has 0 unspecified atom stereocenters.